The van der Waals surface area contributed by atoms with Crippen molar-refractivity contribution in [1.29, 1.82) is 0 Å². The smallest absolute Gasteiger partial charge is 0.171 e. The maximum atomic E-state index is 5.91. The summed E-state index contributed by atoms with van der Waals surface area (Å²) in [5, 5.41) is 10.2. The average Bonchev–Trinajstić information content (AvgIpc) is 2.92. The lowest BCUT2D eigenvalue weighted by atomic mass is 10.2. The molecule has 0 saturated carbocycles. The lowest BCUT2D eigenvalue weighted by Gasteiger charge is -2.02. The SMILES string of the molecule is Clc1ccc(-c2nnc3c4ccccc4ncn23)cc1. The molecule has 0 bridgehead atoms. The normalized spacial score (nSPS) is 11.2. The number of rotatable bonds is 1. The van der Waals surface area contributed by atoms with Gasteiger partial charge in [-0.25, -0.2) is 4.98 Å². The Hall–Kier alpha value is -2.46. The molecule has 4 nitrogen and oxygen atoms in total. The summed E-state index contributed by atoms with van der Waals surface area (Å²) >= 11 is 5.91. The van der Waals surface area contributed by atoms with Crippen LogP contribution < -0.4 is 0 Å². The Labute approximate surface area is 119 Å². The summed E-state index contributed by atoms with van der Waals surface area (Å²) in [4.78, 5) is 4.44. The predicted octanol–water partition coefficient (Wildman–Crippen LogP) is 3.60. The Balaban J connectivity index is 2.02. The molecular formula is C15H9ClN4. The highest BCUT2D eigenvalue weighted by molar-refractivity contribution is 6.30. The van der Waals surface area contributed by atoms with Gasteiger partial charge in [-0.2, -0.15) is 0 Å². The van der Waals surface area contributed by atoms with E-state index >= 15 is 0 Å². The van der Waals surface area contributed by atoms with Crippen LogP contribution in [0.15, 0.2) is 54.9 Å². The molecule has 0 unspecified atom stereocenters. The first kappa shape index (κ1) is 11.4. The lowest BCUT2D eigenvalue weighted by molar-refractivity contribution is 1.09. The van der Waals surface area contributed by atoms with Crippen molar-refractivity contribution >= 4 is 28.2 Å². The van der Waals surface area contributed by atoms with Gasteiger partial charge in [-0.05, 0) is 36.4 Å². The lowest BCUT2D eigenvalue weighted by Crippen LogP contribution is -1.92. The molecule has 2 aromatic carbocycles. The van der Waals surface area contributed by atoms with Gasteiger partial charge < -0.3 is 0 Å². The molecule has 0 amide bonds. The Morgan fingerprint density at radius 1 is 0.900 bits per heavy atom. The van der Waals surface area contributed by atoms with Crippen LogP contribution in [0.2, 0.25) is 5.02 Å². The maximum Gasteiger partial charge on any atom is 0.171 e. The topological polar surface area (TPSA) is 43.1 Å². The summed E-state index contributed by atoms with van der Waals surface area (Å²) in [6.07, 6.45) is 1.75. The monoisotopic (exact) mass is 280 g/mol. The largest absolute Gasteiger partial charge is 0.265 e. The zero-order valence-corrected chi connectivity index (χ0v) is 11.1. The molecule has 0 aliphatic heterocycles. The van der Waals surface area contributed by atoms with Gasteiger partial charge in [-0.15, -0.1) is 10.2 Å². The molecule has 0 fully saturated rings. The van der Waals surface area contributed by atoms with Crippen LogP contribution in [0, 0.1) is 0 Å². The van der Waals surface area contributed by atoms with Crippen LogP contribution >= 0.6 is 11.6 Å². The molecule has 0 radical (unpaired) electrons. The minimum atomic E-state index is 0.700. The van der Waals surface area contributed by atoms with Crippen molar-refractivity contribution < 1.29 is 0 Å². The quantitative estimate of drug-likeness (QED) is 0.535. The summed E-state index contributed by atoms with van der Waals surface area (Å²) in [7, 11) is 0. The average molecular weight is 281 g/mol. The number of hydrogen-bond acceptors (Lipinski definition) is 3. The summed E-state index contributed by atoms with van der Waals surface area (Å²) < 4.78 is 1.89. The molecule has 5 heteroatoms. The van der Waals surface area contributed by atoms with Crippen LogP contribution in [0.3, 0.4) is 0 Å². The Morgan fingerprint density at radius 2 is 1.70 bits per heavy atom. The fourth-order valence-corrected chi connectivity index (χ4v) is 2.40. The van der Waals surface area contributed by atoms with Crippen molar-refractivity contribution in [2.75, 3.05) is 0 Å². The molecular weight excluding hydrogens is 272 g/mol. The second kappa shape index (κ2) is 4.28. The maximum absolute atomic E-state index is 5.91. The van der Waals surface area contributed by atoms with Gasteiger partial charge in [0.25, 0.3) is 0 Å². The van der Waals surface area contributed by atoms with E-state index in [1.54, 1.807) is 6.33 Å². The van der Waals surface area contributed by atoms with Gasteiger partial charge in [0.1, 0.15) is 6.33 Å². The van der Waals surface area contributed by atoms with Crippen LogP contribution in [0.4, 0.5) is 0 Å². The van der Waals surface area contributed by atoms with E-state index in [4.69, 9.17) is 11.6 Å². The number of hydrogen-bond donors (Lipinski definition) is 0. The summed E-state index contributed by atoms with van der Waals surface area (Å²) in [5.74, 6) is 0.759. The third-order valence-electron chi connectivity index (χ3n) is 3.26. The standard InChI is InChI=1S/C15H9ClN4/c16-11-7-5-10(6-8-11)14-18-19-15-12-3-1-2-4-13(12)17-9-20(14)15/h1-9H. The molecule has 0 saturated heterocycles. The molecule has 96 valence electrons. The van der Waals surface area contributed by atoms with Crippen molar-refractivity contribution in [2.45, 2.75) is 0 Å². The second-order valence-corrected chi connectivity index (χ2v) is 4.92. The molecule has 0 aliphatic carbocycles. The Morgan fingerprint density at radius 3 is 2.55 bits per heavy atom. The number of aromatic nitrogens is 4. The predicted molar refractivity (Wildman–Crippen MR) is 78.7 cm³/mol. The van der Waals surface area contributed by atoms with E-state index in [0.717, 1.165) is 27.9 Å². The van der Waals surface area contributed by atoms with Gasteiger partial charge in [0, 0.05) is 16.0 Å². The molecule has 4 rings (SSSR count). The molecule has 0 aliphatic rings. The van der Waals surface area contributed by atoms with Crippen LogP contribution in [-0.2, 0) is 0 Å². The number of para-hydroxylation sites is 1. The first-order chi connectivity index (χ1) is 9.83. The Bertz CT molecular complexity index is 912. The van der Waals surface area contributed by atoms with Crippen LogP contribution in [0.25, 0.3) is 27.9 Å². The van der Waals surface area contributed by atoms with Crippen molar-refractivity contribution in [1.82, 2.24) is 19.6 Å². The van der Waals surface area contributed by atoms with Gasteiger partial charge in [0.2, 0.25) is 0 Å². The van der Waals surface area contributed by atoms with E-state index in [-0.39, 0.29) is 0 Å². The third kappa shape index (κ3) is 1.66. The van der Waals surface area contributed by atoms with Gasteiger partial charge in [0.15, 0.2) is 11.5 Å². The first-order valence-corrected chi connectivity index (χ1v) is 6.55. The van der Waals surface area contributed by atoms with Crippen molar-refractivity contribution in [3.05, 3.63) is 59.9 Å². The molecule has 4 aromatic rings. The minimum absolute atomic E-state index is 0.700. The van der Waals surface area contributed by atoms with Crippen LogP contribution in [0.1, 0.15) is 0 Å². The highest BCUT2D eigenvalue weighted by Gasteiger charge is 2.10. The van der Waals surface area contributed by atoms with Crippen molar-refractivity contribution in [3.63, 3.8) is 0 Å². The zero-order valence-electron chi connectivity index (χ0n) is 10.4. The van der Waals surface area contributed by atoms with Crippen molar-refractivity contribution in [2.24, 2.45) is 0 Å². The number of nitrogens with zero attached hydrogens (tertiary/aromatic N) is 4. The van der Waals surface area contributed by atoms with Crippen LogP contribution in [-0.4, -0.2) is 19.6 Å². The highest BCUT2D eigenvalue weighted by Crippen LogP contribution is 2.23. The molecule has 0 spiro atoms. The van der Waals surface area contributed by atoms with E-state index in [1.165, 1.54) is 0 Å². The minimum Gasteiger partial charge on any atom is -0.265 e. The van der Waals surface area contributed by atoms with E-state index in [0.29, 0.717) is 5.02 Å². The zero-order chi connectivity index (χ0) is 13.5. The number of fused-ring (bicyclic) bond motifs is 3. The first-order valence-electron chi connectivity index (χ1n) is 6.17. The molecule has 2 heterocycles. The summed E-state index contributed by atoms with van der Waals surface area (Å²) in [5.41, 5.74) is 2.68. The molecule has 0 atom stereocenters. The van der Waals surface area contributed by atoms with Gasteiger partial charge in [-0.3, -0.25) is 4.40 Å². The van der Waals surface area contributed by atoms with E-state index in [2.05, 4.69) is 15.2 Å². The summed E-state index contributed by atoms with van der Waals surface area (Å²) in [6.45, 7) is 0. The second-order valence-electron chi connectivity index (χ2n) is 4.49. The third-order valence-corrected chi connectivity index (χ3v) is 3.51. The fourth-order valence-electron chi connectivity index (χ4n) is 2.28. The Kier molecular flexibility index (Phi) is 2.44. The van der Waals surface area contributed by atoms with E-state index < -0.39 is 0 Å². The van der Waals surface area contributed by atoms with Gasteiger partial charge in [-0.1, -0.05) is 23.7 Å². The number of benzene rings is 2. The van der Waals surface area contributed by atoms with Crippen molar-refractivity contribution in [3.8, 4) is 11.4 Å². The number of halogens is 1. The molecule has 20 heavy (non-hydrogen) atoms. The van der Waals surface area contributed by atoms with Crippen LogP contribution in [0.5, 0.6) is 0 Å². The van der Waals surface area contributed by atoms with Gasteiger partial charge in [0.05, 0.1) is 5.52 Å². The molecule has 0 N–H and O–H groups in total. The van der Waals surface area contributed by atoms with Gasteiger partial charge >= 0.3 is 0 Å². The molecule has 2 aromatic heterocycles. The van der Waals surface area contributed by atoms with E-state index in [1.807, 2.05) is 52.9 Å². The fraction of sp³-hybridized carbons (Fsp3) is 0. The summed E-state index contributed by atoms with van der Waals surface area (Å²) in [6, 6.07) is 15.4. The highest BCUT2D eigenvalue weighted by atomic mass is 35.5. The van der Waals surface area contributed by atoms with E-state index in [9.17, 15) is 0 Å².